The molecule has 5 heteroatoms. The van der Waals surface area contributed by atoms with Gasteiger partial charge in [0.15, 0.2) is 0 Å². The molecule has 2 aliphatic heterocycles. The first kappa shape index (κ1) is 25.4. The molecule has 1 aromatic heterocycles. The molecule has 1 saturated heterocycles. The third-order valence-corrected chi connectivity index (χ3v) is 7.68. The number of fused-ring (bicyclic) bond motifs is 3. The number of aromatic nitrogens is 1. The lowest BCUT2D eigenvalue weighted by Crippen LogP contribution is -2.30. The van der Waals surface area contributed by atoms with E-state index in [9.17, 15) is 0 Å². The summed E-state index contributed by atoms with van der Waals surface area (Å²) in [6.07, 6.45) is 4.57. The van der Waals surface area contributed by atoms with Gasteiger partial charge in [0, 0.05) is 30.3 Å². The zero-order valence-electron chi connectivity index (χ0n) is 22.6. The summed E-state index contributed by atoms with van der Waals surface area (Å²) >= 11 is 0. The molecular formula is C34H36N2O3. The maximum atomic E-state index is 6.42. The molecule has 0 aliphatic carbocycles. The third-order valence-electron chi connectivity index (χ3n) is 7.68. The fourth-order valence-corrected chi connectivity index (χ4v) is 5.54. The molecule has 0 radical (unpaired) electrons. The van der Waals surface area contributed by atoms with E-state index in [0.717, 1.165) is 60.5 Å². The lowest BCUT2D eigenvalue weighted by Gasteiger charge is -2.27. The van der Waals surface area contributed by atoms with E-state index in [2.05, 4.69) is 60.0 Å². The van der Waals surface area contributed by atoms with Crippen molar-refractivity contribution in [1.82, 2.24) is 4.57 Å². The van der Waals surface area contributed by atoms with Crippen LogP contribution in [0.5, 0.6) is 11.5 Å². The Hall–Kier alpha value is -3.83. The van der Waals surface area contributed by atoms with Crippen molar-refractivity contribution in [2.24, 2.45) is 4.99 Å². The van der Waals surface area contributed by atoms with E-state index in [1.54, 1.807) is 0 Å². The summed E-state index contributed by atoms with van der Waals surface area (Å²) in [6, 6.07) is 29.2. The number of benzene rings is 3. The maximum absolute atomic E-state index is 6.42. The quantitative estimate of drug-likeness (QED) is 0.261. The first-order valence-electron chi connectivity index (χ1n) is 14.1. The van der Waals surface area contributed by atoms with Gasteiger partial charge in [-0.3, -0.25) is 4.99 Å². The number of hydrogen-bond donors (Lipinski definition) is 0. The highest BCUT2D eigenvalue weighted by Crippen LogP contribution is 2.36. The summed E-state index contributed by atoms with van der Waals surface area (Å²) in [6.45, 7) is 5.64. The zero-order valence-corrected chi connectivity index (χ0v) is 22.6. The number of pyridine rings is 1. The van der Waals surface area contributed by atoms with Gasteiger partial charge in [-0.25, -0.2) is 0 Å². The van der Waals surface area contributed by atoms with Crippen LogP contribution >= 0.6 is 0 Å². The Morgan fingerprint density at radius 1 is 0.872 bits per heavy atom. The van der Waals surface area contributed by atoms with Gasteiger partial charge in [-0.15, -0.1) is 0 Å². The number of nitrogens with zero attached hydrogens (tertiary/aromatic N) is 2. The van der Waals surface area contributed by atoms with Crippen molar-refractivity contribution in [1.29, 1.82) is 0 Å². The van der Waals surface area contributed by atoms with E-state index in [4.69, 9.17) is 19.2 Å². The molecule has 0 bridgehead atoms. The van der Waals surface area contributed by atoms with Crippen molar-refractivity contribution in [3.63, 3.8) is 0 Å². The lowest BCUT2D eigenvalue weighted by atomic mass is 9.94. The van der Waals surface area contributed by atoms with Crippen LogP contribution in [0.3, 0.4) is 0 Å². The minimum atomic E-state index is 0.199. The van der Waals surface area contributed by atoms with Crippen molar-refractivity contribution in [2.45, 2.75) is 58.5 Å². The van der Waals surface area contributed by atoms with Gasteiger partial charge in [-0.2, -0.15) is 0 Å². The molecule has 3 heterocycles. The summed E-state index contributed by atoms with van der Waals surface area (Å²) in [4.78, 5) is 5.09. The summed E-state index contributed by atoms with van der Waals surface area (Å²) < 4.78 is 20.9. The Morgan fingerprint density at radius 3 is 2.33 bits per heavy atom. The highest BCUT2D eigenvalue weighted by Gasteiger charge is 2.22. The number of aryl methyl sites for hydroxylation is 1. The van der Waals surface area contributed by atoms with Crippen LogP contribution in [0.2, 0.25) is 0 Å². The first-order valence-corrected chi connectivity index (χ1v) is 14.1. The average Bonchev–Trinajstić information content (AvgIpc) is 3.00. The van der Waals surface area contributed by atoms with Gasteiger partial charge >= 0.3 is 0 Å². The minimum Gasteiger partial charge on any atom is -0.489 e. The molecular weight excluding hydrogens is 484 g/mol. The Morgan fingerprint density at radius 2 is 1.62 bits per heavy atom. The molecule has 0 N–H and O–H groups in total. The maximum Gasteiger partial charge on any atom is 0.131 e. The van der Waals surface area contributed by atoms with Gasteiger partial charge in [0.25, 0.3) is 0 Å². The van der Waals surface area contributed by atoms with Gasteiger partial charge in [0.1, 0.15) is 30.2 Å². The second kappa shape index (κ2) is 11.9. The smallest absolute Gasteiger partial charge is 0.131 e. The molecule has 5 nitrogen and oxygen atoms in total. The molecule has 3 aromatic carbocycles. The molecule has 0 spiro atoms. The second-order valence-corrected chi connectivity index (χ2v) is 10.4. The Bertz CT molecular complexity index is 1470. The summed E-state index contributed by atoms with van der Waals surface area (Å²) in [5.74, 6) is 1.78. The van der Waals surface area contributed by atoms with Crippen LogP contribution in [0.1, 0.15) is 41.5 Å². The monoisotopic (exact) mass is 520 g/mol. The van der Waals surface area contributed by atoms with E-state index in [1.165, 1.54) is 28.8 Å². The van der Waals surface area contributed by atoms with E-state index in [1.807, 2.05) is 36.4 Å². The van der Waals surface area contributed by atoms with Crippen molar-refractivity contribution in [3.8, 4) is 22.8 Å². The number of hydrogen-bond acceptors (Lipinski definition) is 4. The molecule has 1 atom stereocenters. The topological polar surface area (TPSA) is 45.0 Å². The van der Waals surface area contributed by atoms with Gasteiger partial charge < -0.3 is 18.8 Å². The van der Waals surface area contributed by atoms with Crippen molar-refractivity contribution in [2.75, 3.05) is 13.2 Å². The number of ether oxygens (including phenoxy) is 3. The third kappa shape index (κ3) is 5.94. The Balaban J connectivity index is 1.33. The fraction of sp³-hybridized carbons (Fsp3) is 0.324. The van der Waals surface area contributed by atoms with Crippen molar-refractivity contribution in [3.05, 3.63) is 113 Å². The summed E-state index contributed by atoms with van der Waals surface area (Å²) in [5, 5.41) is 0. The molecule has 2 aliphatic rings. The van der Waals surface area contributed by atoms with Crippen LogP contribution in [0, 0.1) is 6.92 Å². The Kier molecular flexibility index (Phi) is 7.78. The predicted molar refractivity (Wildman–Crippen MR) is 154 cm³/mol. The highest BCUT2D eigenvalue weighted by atomic mass is 16.5. The number of rotatable bonds is 8. The largest absolute Gasteiger partial charge is 0.489 e. The SMILES string of the molecule is Cc1c(OCc2ccccc2)cc(=NCC2CCCCO2)n2c1-c1ccc(OCc3ccccc3)cc1CC2. The minimum absolute atomic E-state index is 0.199. The molecule has 6 rings (SSSR count). The average molecular weight is 521 g/mol. The van der Waals surface area contributed by atoms with Crippen LogP contribution in [0.15, 0.2) is 89.9 Å². The molecule has 0 saturated carbocycles. The van der Waals surface area contributed by atoms with E-state index in [0.29, 0.717) is 19.8 Å². The normalized spacial score (nSPS) is 16.8. The lowest BCUT2D eigenvalue weighted by molar-refractivity contribution is 0.0219. The molecule has 1 fully saturated rings. The summed E-state index contributed by atoms with van der Waals surface area (Å²) in [7, 11) is 0. The molecule has 200 valence electrons. The molecule has 0 amide bonds. The van der Waals surface area contributed by atoms with Gasteiger partial charge in [-0.05, 0) is 67.5 Å². The standard InChI is InChI=1S/C34H36N2O3/c1-25-32(39-24-27-12-6-3-7-13-27)21-33(35-22-30-14-8-9-19-37-30)36-18-17-28-20-29(15-16-31(28)34(25)36)38-23-26-10-4-2-5-11-26/h2-7,10-13,15-16,20-21,30H,8-9,14,17-19,22-24H2,1H3. The highest BCUT2D eigenvalue weighted by molar-refractivity contribution is 5.71. The van der Waals surface area contributed by atoms with Crippen LogP contribution < -0.4 is 15.0 Å². The first-order chi connectivity index (χ1) is 19.2. The van der Waals surface area contributed by atoms with Crippen LogP contribution in [-0.4, -0.2) is 23.8 Å². The summed E-state index contributed by atoms with van der Waals surface area (Å²) in [5.41, 5.74) is 8.12. The van der Waals surface area contributed by atoms with Crippen LogP contribution in [0.4, 0.5) is 0 Å². The van der Waals surface area contributed by atoms with Crippen LogP contribution in [-0.2, 0) is 30.9 Å². The van der Waals surface area contributed by atoms with Gasteiger partial charge in [0.05, 0.1) is 18.3 Å². The van der Waals surface area contributed by atoms with Gasteiger partial charge in [-0.1, -0.05) is 60.7 Å². The fourth-order valence-electron chi connectivity index (χ4n) is 5.54. The van der Waals surface area contributed by atoms with E-state index in [-0.39, 0.29) is 6.10 Å². The predicted octanol–water partition coefficient (Wildman–Crippen LogP) is 6.65. The molecule has 4 aromatic rings. The second-order valence-electron chi connectivity index (χ2n) is 10.4. The van der Waals surface area contributed by atoms with Crippen molar-refractivity contribution >= 4 is 0 Å². The molecule has 39 heavy (non-hydrogen) atoms. The zero-order chi connectivity index (χ0) is 26.4. The van der Waals surface area contributed by atoms with E-state index >= 15 is 0 Å². The Labute approximate surface area is 230 Å². The van der Waals surface area contributed by atoms with Crippen molar-refractivity contribution < 1.29 is 14.2 Å². The van der Waals surface area contributed by atoms with Gasteiger partial charge in [0.2, 0.25) is 0 Å². The van der Waals surface area contributed by atoms with E-state index < -0.39 is 0 Å². The molecule has 1 unspecified atom stereocenters. The van der Waals surface area contributed by atoms with Crippen LogP contribution in [0.25, 0.3) is 11.3 Å².